The van der Waals surface area contributed by atoms with Gasteiger partial charge in [-0.15, -0.1) is 0 Å². The molecule has 1 aliphatic heterocycles. The van der Waals surface area contributed by atoms with Crippen molar-refractivity contribution >= 4 is 34.8 Å². The molecule has 0 fully saturated rings. The second kappa shape index (κ2) is 8.18. The van der Waals surface area contributed by atoms with E-state index in [0.717, 1.165) is 0 Å². The number of nitro benzene ring substituents is 1. The zero-order valence-electron chi connectivity index (χ0n) is 15.3. The number of amidine groups is 1. The van der Waals surface area contributed by atoms with Crippen LogP contribution in [0, 0.1) is 10.1 Å². The van der Waals surface area contributed by atoms with Gasteiger partial charge in [-0.25, -0.2) is 9.79 Å². The number of hydrogen-bond acceptors (Lipinski definition) is 7. The Morgan fingerprint density at radius 1 is 1.39 bits per heavy atom. The average Bonchev–Trinajstić information content (AvgIpc) is 2.69. The topological polar surface area (TPSA) is 97.9 Å². The van der Waals surface area contributed by atoms with Crippen LogP contribution >= 0.6 is 11.6 Å². The first-order chi connectivity index (χ1) is 13.4. The summed E-state index contributed by atoms with van der Waals surface area (Å²) in [6.07, 6.45) is 3.25. The molecule has 2 aromatic rings. The van der Waals surface area contributed by atoms with Crippen LogP contribution in [0.2, 0.25) is 5.02 Å². The van der Waals surface area contributed by atoms with E-state index >= 15 is 0 Å². The highest BCUT2D eigenvalue weighted by atomic mass is 35.5. The quantitative estimate of drug-likeness (QED) is 0.430. The maximum atomic E-state index is 12.4. The van der Waals surface area contributed by atoms with Gasteiger partial charge in [0.25, 0.3) is 5.69 Å². The van der Waals surface area contributed by atoms with E-state index in [9.17, 15) is 14.9 Å². The van der Waals surface area contributed by atoms with E-state index in [1.807, 2.05) is 6.07 Å². The minimum Gasteiger partial charge on any atom is -0.463 e. The second-order valence-electron chi connectivity index (χ2n) is 5.94. The predicted molar refractivity (Wildman–Crippen MR) is 106 cm³/mol. The molecule has 0 saturated heterocycles. The number of aliphatic imine (C=N–C) groups is 1. The number of aromatic nitrogens is 1. The number of allylic oxidation sites excluding steroid dienone is 1. The van der Waals surface area contributed by atoms with Crippen molar-refractivity contribution in [2.24, 2.45) is 4.99 Å². The third-order valence-corrected chi connectivity index (χ3v) is 4.47. The van der Waals surface area contributed by atoms with Gasteiger partial charge in [-0.2, -0.15) is 0 Å². The van der Waals surface area contributed by atoms with Crippen molar-refractivity contribution in [3.63, 3.8) is 0 Å². The highest BCUT2D eigenvalue weighted by molar-refractivity contribution is 6.34. The van der Waals surface area contributed by atoms with Gasteiger partial charge >= 0.3 is 5.97 Å². The van der Waals surface area contributed by atoms with Crippen molar-refractivity contribution in [3.05, 3.63) is 74.7 Å². The summed E-state index contributed by atoms with van der Waals surface area (Å²) in [4.78, 5) is 33.4. The number of carbonyl (C=O) groups excluding carboxylic acids is 1. The van der Waals surface area contributed by atoms with Crippen molar-refractivity contribution in [1.29, 1.82) is 0 Å². The molecule has 0 radical (unpaired) electrons. The zero-order chi connectivity index (χ0) is 20.3. The van der Waals surface area contributed by atoms with Crippen LogP contribution in [-0.4, -0.2) is 34.9 Å². The van der Waals surface area contributed by atoms with Crippen LogP contribution < -0.4 is 4.90 Å². The largest absolute Gasteiger partial charge is 0.463 e. The van der Waals surface area contributed by atoms with Crippen LogP contribution in [-0.2, 0) is 9.53 Å². The number of non-ortho nitro benzene ring substituents is 1. The molecule has 1 aromatic carbocycles. The van der Waals surface area contributed by atoms with E-state index in [-0.39, 0.29) is 18.8 Å². The number of ether oxygens (including phenoxy) is 1. The third kappa shape index (κ3) is 3.86. The molecule has 3 rings (SSSR count). The highest BCUT2D eigenvalue weighted by Gasteiger charge is 2.29. The average molecular weight is 401 g/mol. The third-order valence-electron chi connectivity index (χ3n) is 4.16. The first kappa shape index (κ1) is 19.5. The number of esters is 1. The van der Waals surface area contributed by atoms with Crippen LogP contribution in [0.1, 0.15) is 19.4 Å². The van der Waals surface area contributed by atoms with Crippen molar-refractivity contribution in [3.8, 4) is 0 Å². The lowest BCUT2D eigenvalue weighted by Gasteiger charge is -2.31. The Balaban J connectivity index is 2.15. The van der Waals surface area contributed by atoms with Crippen LogP contribution in [0.3, 0.4) is 0 Å². The normalized spacial score (nSPS) is 14.0. The van der Waals surface area contributed by atoms with E-state index < -0.39 is 10.9 Å². The number of benzene rings is 1. The molecule has 8 nitrogen and oxygen atoms in total. The molecule has 1 aromatic heterocycles. The summed E-state index contributed by atoms with van der Waals surface area (Å²) in [5, 5.41) is 11.5. The number of carbonyl (C=O) groups is 1. The Bertz CT molecular complexity index is 989. The molecule has 0 spiro atoms. The van der Waals surface area contributed by atoms with E-state index in [0.29, 0.717) is 33.4 Å². The van der Waals surface area contributed by atoms with Crippen LogP contribution in [0.5, 0.6) is 0 Å². The number of anilines is 1. The molecule has 144 valence electrons. The highest BCUT2D eigenvalue weighted by Crippen LogP contribution is 2.34. The van der Waals surface area contributed by atoms with Crippen molar-refractivity contribution in [2.45, 2.75) is 13.8 Å². The fraction of sp³-hybridized carbons (Fsp3) is 0.211. The minimum atomic E-state index is -0.502. The van der Waals surface area contributed by atoms with Crippen molar-refractivity contribution in [1.82, 2.24) is 4.98 Å². The Labute approximate surface area is 166 Å². The molecule has 0 bridgehead atoms. The molecule has 0 unspecified atom stereocenters. The van der Waals surface area contributed by atoms with Gasteiger partial charge in [-0.3, -0.25) is 15.1 Å². The molecule has 0 atom stereocenters. The lowest BCUT2D eigenvalue weighted by Crippen LogP contribution is -2.38. The Morgan fingerprint density at radius 2 is 2.18 bits per heavy atom. The molecule has 0 saturated carbocycles. The smallest absolute Gasteiger partial charge is 0.337 e. The van der Waals surface area contributed by atoms with E-state index in [1.165, 1.54) is 18.2 Å². The Morgan fingerprint density at radius 3 is 2.82 bits per heavy atom. The number of hydrogen-bond donors (Lipinski definition) is 0. The Hall–Kier alpha value is -3.26. The van der Waals surface area contributed by atoms with E-state index in [1.54, 1.807) is 37.2 Å². The molecule has 2 heterocycles. The van der Waals surface area contributed by atoms with Crippen LogP contribution in [0.25, 0.3) is 0 Å². The number of nitro groups is 1. The number of pyridine rings is 1. The monoisotopic (exact) mass is 400 g/mol. The van der Waals surface area contributed by atoms with Gasteiger partial charge in [0.2, 0.25) is 0 Å². The summed E-state index contributed by atoms with van der Waals surface area (Å²) < 4.78 is 5.12. The summed E-state index contributed by atoms with van der Waals surface area (Å²) in [6, 6.07) is 7.70. The summed E-state index contributed by atoms with van der Waals surface area (Å²) in [5.74, 6) is 0.00147. The van der Waals surface area contributed by atoms with Gasteiger partial charge in [0.1, 0.15) is 5.84 Å². The second-order valence-corrected chi connectivity index (χ2v) is 6.35. The fourth-order valence-electron chi connectivity index (χ4n) is 2.80. The van der Waals surface area contributed by atoms with Crippen molar-refractivity contribution < 1.29 is 14.5 Å². The van der Waals surface area contributed by atoms with E-state index in [2.05, 4.69) is 9.98 Å². The van der Waals surface area contributed by atoms with Gasteiger partial charge in [-0.1, -0.05) is 11.6 Å². The van der Waals surface area contributed by atoms with Crippen LogP contribution in [0.15, 0.2) is 59.0 Å². The fourth-order valence-corrected chi connectivity index (χ4v) is 3.02. The van der Waals surface area contributed by atoms with Crippen molar-refractivity contribution in [2.75, 3.05) is 18.1 Å². The number of rotatable bonds is 5. The van der Waals surface area contributed by atoms with Gasteiger partial charge in [-0.05, 0) is 32.0 Å². The summed E-state index contributed by atoms with van der Waals surface area (Å²) in [6.45, 7) is 3.77. The lowest BCUT2D eigenvalue weighted by atomic mass is 10.1. The molecule has 0 aliphatic carbocycles. The van der Waals surface area contributed by atoms with Gasteiger partial charge in [0, 0.05) is 30.1 Å². The summed E-state index contributed by atoms with van der Waals surface area (Å²) >= 11 is 6.34. The standard InChI is InChI=1S/C19H17ClN4O4/c1-3-28-19(25)15-11-23(17-9-14(24(26)27)6-7-16(17)20)18(22-12(15)2)13-5-4-8-21-10-13/h4-10H,3,11H2,1-2H3. The Kier molecular flexibility index (Phi) is 5.70. The van der Waals surface area contributed by atoms with Gasteiger partial charge < -0.3 is 9.64 Å². The van der Waals surface area contributed by atoms with Crippen LogP contribution in [0.4, 0.5) is 11.4 Å². The van der Waals surface area contributed by atoms with Gasteiger partial charge in [0.15, 0.2) is 0 Å². The van der Waals surface area contributed by atoms with Gasteiger partial charge in [0.05, 0.1) is 40.1 Å². The maximum Gasteiger partial charge on any atom is 0.337 e. The number of halogens is 1. The lowest BCUT2D eigenvalue weighted by molar-refractivity contribution is -0.384. The summed E-state index contributed by atoms with van der Waals surface area (Å²) in [7, 11) is 0. The molecule has 0 N–H and O–H groups in total. The first-order valence-electron chi connectivity index (χ1n) is 8.49. The van der Waals surface area contributed by atoms with E-state index in [4.69, 9.17) is 16.3 Å². The molecule has 28 heavy (non-hydrogen) atoms. The summed E-state index contributed by atoms with van der Waals surface area (Å²) in [5.41, 5.74) is 1.81. The molecule has 9 heteroatoms. The molecular formula is C19H17ClN4O4. The molecule has 0 amide bonds. The predicted octanol–water partition coefficient (Wildman–Crippen LogP) is 3.75. The SMILES string of the molecule is CCOC(=O)C1=C(C)N=C(c2cccnc2)N(c2cc([N+](=O)[O-])ccc2Cl)C1. The maximum absolute atomic E-state index is 12.4. The number of nitrogens with zero attached hydrogens (tertiary/aromatic N) is 4. The molecular weight excluding hydrogens is 384 g/mol. The molecule has 1 aliphatic rings. The first-order valence-corrected chi connectivity index (χ1v) is 8.87. The zero-order valence-corrected chi connectivity index (χ0v) is 16.0. The minimum absolute atomic E-state index is 0.110.